The number of primary sulfonamides is 1. The maximum atomic E-state index is 11.2. The Morgan fingerprint density at radius 3 is 2.30 bits per heavy atom. The maximum Gasteiger partial charge on any atom is 0.238 e. The van der Waals surface area contributed by atoms with Crippen LogP contribution < -0.4 is 19.9 Å². The van der Waals surface area contributed by atoms with Gasteiger partial charge in [0.1, 0.15) is 0 Å². The highest BCUT2D eigenvalue weighted by Crippen LogP contribution is 2.34. The summed E-state index contributed by atoms with van der Waals surface area (Å²) in [5, 5.41) is 8.76. The summed E-state index contributed by atoms with van der Waals surface area (Å²) in [7, 11) is -0.603. The number of nitrogens with one attached hydrogen (secondary N) is 1. The number of sulfonamides is 1. The van der Waals surface area contributed by atoms with Gasteiger partial charge < -0.3 is 14.8 Å². The van der Waals surface area contributed by atoms with Gasteiger partial charge in [0.25, 0.3) is 0 Å². The van der Waals surface area contributed by atoms with Crippen LogP contribution in [0.4, 0.5) is 5.69 Å². The standard InChI is InChI=1S/C15H17ClN2O4S/c1-21-14-8-11(16)7-10(15(14)22-2)9-18-12-3-5-13(6-4-12)23(17,19)20/h3-8,18H,9H2,1-2H3,(H2,17,19,20). The van der Waals surface area contributed by atoms with Crippen LogP contribution in [0.15, 0.2) is 41.3 Å². The number of methoxy groups -OCH3 is 2. The topological polar surface area (TPSA) is 90.6 Å². The van der Waals surface area contributed by atoms with Gasteiger partial charge in [-0.25, -0.2) is 13.6 Å². The minimum atomic E-state index is -3.69. The van der Waals surface area contributed by atoms with E-state index in [1.165, 1.54) is 19.2 Å². The highest BCUT2D eigenvalue weighted by molar-refractivity contribution is 7.89. The largest absolute Gasteiger partial charge is 0.493 e. The van der Waals surface area contributed by atoms with Crippen LogP contribution in [0, 0.1) is 0 Å². The predicted octanol–water partition coefficient (Wildman–Crippen LogP) is 2.62. The number of ether oxygens (including phenoxy) is 2. The van der Waals surface area contributed by atoms with Gasteiger partial charge in [0.05, 0.1) is 19.1 Å². The smallest absolute Gasteiger partial charge is 0.238 e. The second-order valence-corrected chi connectivity index (χ2v) is 6.72. The Labute approximate surface area is 140 Å². The van der Waals surface area contributed by atoms with E-state index in [9.17, 15) is 8.42 Å². The Hall–Kier alpha value is -1.96. The lowest BCUT2D eigenvalue weighted by molar-refractivity contribution is 0.352. The number of anilines is 1. The third kappa shape index (κ3) is 4.28. The molecule has 23 heavy (non-hydrogen) atoms. The van der Waals surface area contributed by atoms with Crippen molar-refractivity contribution in [1.82, 2.24) is 0 Å². The van der Waals surface area contributed by atoms with E-state index in [-0.39, 0.29) is 4.90 Å². The second kappa shape index (κ2) is 7.08. The molecule has 0 unspecified atom stereocenters. The molecule has 0 radical (unpaired) electrons. The molecule has 0 saturated heterocycles. The van der Waals surface area contributed by atoms with Crippen molar-refractivity contribution in [3.8, 4) is 11.5 Å². The minimum Gasteiger partial charge on any atom is -0.493 e. The Bertz CT molecular complexity index is 792. The van der Waals surface area contributed by atoms with Gasteiger partial charge in [-0.15, -0.1) is 0 Å². The molecule has 2 aromatic rings. The van der Waals surface area contributed by atoms with E-state index >= 15 is 0 Å². The van der Waals surface area contributed by atoms with Gasteiger partial charge in [-0.1, -0.05) is 11.6 Å². The van der Waals surface area contributed by atoms with Crippen molar-refractivity contribution in [3.63, 3.8) is 0 Å². The zero-order valence-corrected chi connectivity index (χ0v) is 14.2. The van der Waals surface area contributed by atoms with Crippen molar-refractivity contribution in [2.45, 2.75) is 11.4 Å². The Morgan fingerprint density at radius 2 is 1.78 bits per heavy atom. The van der Waals surface area contributed by atoms with Crippen molar-refractivity contribution >= 4 is 27.3 Å². The molecule has 0 aliphatic carbocycles. The molecule has 2 aromatic carbocycles. The number of rotatable bonds is 6. The van der Waals surface area contributed by atoms with Gasteiger partial charge in [0.15, 0.2) is 11.5 Å². The second-order valence-electron chi connectivity index (χ2n) is 4.72. The van der Waals surface area contributed by atoms with Gasteiger partial charge >= 0.3 is 0 Å². The van der Waals surface area contributed by atoms with Crippen molar-refractivity contribution < 1.29 is 17.9 Å². The summed E-state index contributed by atoms with van der Waals surface area (Å²) in [6.45, 7) is 0.425. The maximum absolute atomic E-state index is 11.2. The summed E-state index contributed by atoms with van der Waals surface area (Å²) in [5.41, 5.74) is 1.55. The zero-order valence-electron chi connectivity index (χ0n) is 12.7. The Morgan fingerprint density at radius 1 is 1.13 bits per heavy atom. The van der Waals surface area contributed by atoms with Crippen LogP contribution in [0.5, 0.6) is 11.5 Å². The van der Waals surface area contributed by atoms with Crippen molar-refractivity contribution in [2.24, 2.45) is 5.14 Å². The molecule has 0 bridgehead atoms. The first-order chi connectivity index (χ1) is 10.8. The average Bonchev–Trinajstić information content (AvgIpc) is 2.51. The van der Waals surface area contributed by atoms with Crippen LogP contribution in [0.25, 0.3) is 0 Å². The molecule has 0 spiro atoms. The third-order valence-corrected chi connectivity index (χ3v) is 4.33. The molecule has 124 valence electrons. The summed E-state index contributed by atoms with van der Waals surface area (Å²) < 4.78 is 33.1. The lowest BCUT2D eigenvalue weighted by atomic mass is 10.1. The first-order valence-electron chi connectivity index (χ1n) is 6.62. The molecule has 0 saturated carbocycles. The molecule has 0 aliphatic heterocycles. The fraction of sp³-hybridized carbons (Fsp3) is 0.200. The van der Waals surface area contributed by atoms with Gasteiger partial charge in [-0.2, -0.15) is 0 Å². The van der Waals surface area contributed by atoms with Gasteiger partial charge in [0.2, 0.25) is 10.0 Å². The number of hydrogen-bond acceptors (Lipinski definition) is 5. The summed E-state index contributed by atoms with van der Waals surface area (Å²) in [6, 6.07) is 9.59. The van der Waals surface area contributed by atoms with Crippen molar-refractivity contribution in [2.75, 3.05) is 19.5 Å². The molecule has 0 fully saturated rings. The third-order valence-electron chi connectivity index (χ3n) is 3.19. The van der Waals surface area contributed by atoms with Crippen molar-refractivity contribution in [1.29, 1.82) is 0 Å². The highest BCUT2D eigenvalue weighted by Gasteiger charge is 2.12. The first kappa shape index (κ1) is 17.4. The summed E-state index contributed by atoms with van der Waals surface area (Å²) in [5.74, 6) is 1.13. The molecule has 0 heterocycles. The van der Waals surface area contributed by atoms with Crippen LogP contribution >= 0.6 is 11.6 Å². The molecular weight excluding hydrogens is 340 g/mol. The molecule has 0 amide bonds. The fourth-order valence-corrected chi connectivity index (χ4v) is 2.84. The number of benzene rings is 2. The molecular formula is C15H17ClN2O4S. The van der Waals surface area contributed by atoms with Crippen LogP contribution in [-0.4, -0.2) is 22.6 Å². The van der Waals surface area contributed by atoms with Crippen molar-refractivity contribution in [3.05, 3.63) is 47.0 Å². The van der Waals surface area contributed by atoms with Crippen LogP contribution in [0.1, 0.15) is 5.56 Å². The Kier molecular flexibility index (Phi) is 5.35. The number of nitrogens with two attached hydrogens (primary N) is 1. The van der Waals surface area contributed by atoms with E-state index in [2.05, 4.69) is 5.32 Å². The lowest BCUT2D eigenvalue weighted by Gasteiger charge is -2.14. The Balaban J connectivity index is 2.19. The van der Waals surface area contributed by atoms with E-state index in [0.29, 0.717) is 23.1 Å². The van der Waals surface area contributed by atoms with Gasteiger partial charge in [-0.3, -0.25) is 0 Å². The van der Waals surface area contributed by atoms with Crippen LogP contribution in [0.3, 0.4) is 0 Å². The molecule has 6 nitrogen and oxygen atoms in total. The monoisotopic (exact) mass is 356 g/mol. The SMILES string of the molecule is COc1cc(Cl)cc(CNc2ccc(S(N)(=O)=O)cc2)c1OC. The fourth-order valence-electron chi connectivity index (χ4n) is 2.10. The summed E-state index contributed by atoms with van der Waals surface area (Å²) >= 11 is 6.07. The van der Waals surface area contributed by atoms with E-state index in [0.717, 1.165) is 11.3 Å². The minimum absolute atomic E-state index is 0.0602. The van der Waals surface area contributed by atoms with Crippen LogP contribution in [0.2, 0.25) is 5.02 Å². The highest BCUT2D eigenvalue weighted by atomic mass is 35.5. The van der Waals surface area contributed by atoms with E-state index in [4.69, 9.17) is 26.2 Å². The van der Waals surface area contributed by atoms with E-state index in [1.54, 1.807) is 31.4 Å². The average molecular weight is 357 g/mol. The molecule has 2 rings (SSSR count). The van der Waals surface area contributed by atoms with Gasteiger partial charge in [0, 0.05) is 28.9 Å². The zero-order chi connectivity index (χ0) is 17.0. The summed E-state index contributed by atoms with van der Waals surface area (Å²) in [6.07, 6.45) is 0. The normalized spacial score (nSPS) is 11.1. The van der Waals surface area contributed by atoms with Gasteiger partial charge in [-0.05, 0) is 30.3 Å². The molecule has 0 aromatic heterocycles. The predicted molar refractivity (Wildman–Crippen MR) is 89.7 cm³/mol. The quantitative estimate of drug-likeness (QED) is 0.830. The molecule has 0 aliphatic rings. The molecule has 8 heteroatoms. The lowest BCUT2D eigenvalue weighted by Crippen LogP contribution is -2.12. The van der Waals surface area contributed by atoms with E-state index in [1.807, 2.05) is 0 Å². The molecule has 0 atom stereocenters. The van der Waals surface area contributed by atoms with Crippen LogP contribution in [-0.2, 0) is 16.6 Å². The number of hydrogen-bond donors (Lipinski definition) is 2. The summed E-state index contributed by atoms with van der Waals surface area (Å²) in [4.78, 5) is 0.0602. The first-order valence-corrected chi connectivity index (χ1v) is 8.54. The van der Waals surface area contributed by atoms with E-state index < -0.39 is 10.0 Å². The molecule has 3 N–H and O–H groups in total. The number of halogens is 1.